The van der Waals surface area contributed by atoms with Gasteiger partial charge in [0.15, 0.2) is 0 Å². The number of aryl methyl sites for hydroxylation is 2. The largest absolute Gasteiger partial charge is 0.501 e. The smallest absolute Gasteiger partial charge is 0.0876 e. The summed E-state index contributed by atoms with van der Waals surface area (Å²) < 4.78 is 7.46. The fourth-order valence-electron chi connectivity index (χ4n) is 2.74. The highest BCUT2D eigenvalue weighted by atomic mass is 16.5. The van der Waals surface area contributed by atoms with E-state index in [4.69, 9.17) is 4.74 Å². The minimum Gasteiger partial charge on any atom is -0.501 e. The van der Waals surface area contributed by atoms with E-state index in [1.54, 1.807) is 0 Å². The van der Waals surface area contributed by atoms with Gasteiger partial charge in [0.05, 0.1) is 18.6 Å². The Bertz CT molecular complexity index is 462. The zero-order valence-electron chi connectivity index (χ0n) is 12.5. The lowest BCUT2D eigenvalue weighted by molar-refractivity contribution is 0.219. The lowest BCUT2D eigenvalue weighted by Gasteiger charge is -2.24. The van der Waals surface area contributed by atoms with Crippen molar-refractivity contribution in [3.63, 3.8) is 0 Å². The van der Waals surface area contributed by atoms with Gasteiger partial charge in [-0.1, -0.05) is 6.92 Å². The van der Waals surface area contributed by atoms with Gasteiger partial charge in [-0.25, -0.2) is 0 Å². The van der Waals surface area contributed by atoms with Crippen LogP contribution >= 0.6 is 0 Å². The maximum atomic E-state index is 5.49. The fraction of sp³-hybridized carbons (Fsp3) is 0.667. The van der Waals surface area contributed by atoms with Crippen molar-refractivity contribution in [2.45, 2.75) is 46.1 Å². The van der Waals surface area contributed by atoms with Crippen LogP contribution in [0.2, 0.25) is 0 Å². The highest BCUT2D eigenvalue weighted by Gasteiger charge is 2.20. The number of likely N-dealkylation sites (N-methyl/N-ethyl adjacent to an activating group) is 1. The Labute approximate surface area is 115 Å². The molecule has 0 aliphatic carbocycles. The minimum atomic E-state index is 0.367. The molecular formula is C15H25N3O. The molecule has 1 aromatic rings. The standard InChI is InChI=1S/C15H25N3O/c1-5-16-15(13-7-6-8-19-10-13)9-14-11(2)17-18(4)12(14)3/h10,15-16H,5-9H2,1-4H3. The van der Waals surface area contributed by atoms with Gasteiger partial charge in [-0.3, -0.25) is 4.68 Å². The highest BCUT2D eigenvalue weighted by Crippen LogP contribution is 2.22. The van der Waals surface area contributed by atoms with Crippen LogP contribution in [0.4, 0.5) is 0 Å². The van der Waals surface area contributed by atoms with E-state index in [1.165, 1.54) is 16.8 Å². The molecular weight excluding hydrogens is 238 g/mol. The molecule has 1 aliphatic rings. The van der Waals surface area contributed by atoms with Crippen molar-refractivity contribution in [3.8, 4) is 0 Å². The molecule has 1 N–H and O–H groups in total. The van der Waals surface area contributed by atoms with Gasteiger partial charge in [0.2, 0.25) is 0 Å². The maximum Gasteiger partial charge on any atom is 0.0876 e. The summed E-state index contributed by atoms with van der Waals surface area (Å²) >= 11 is 0. The number of hydrogen-bond acceptors (Lipinski definition) is 3. The zero-order valence-corrected chi connectivity index (χ0v) is 12.5. The monoisotopic (exact) mass is 263 g/mol. The van der Waals surface area contributed by atoms with Gasteiger partial charge < -0.3 is 10.1 Å². The summed E-state index contributed by atoms with van der Waals surface area (Å²) in [6, 6.07) is 0.367. The molecule has 4 heteroatoms. The average Bonchev–Trinajstić information content (AvgIpc) is 2.65. The first-order chi connectivity index (χ1) is 9.13. The van der Waals surface area contributed by atoms with Crippen LogP contribution in [-0.4, -0.2) is 29.0 Å². The second-order valence-corrected chi connectivity index (χ2v) is 5.25. The lowest BCUT2D eigenvalue weighted by atomic mass is 9.94. The van der Waals surface area contributed by atoms with Crippen molar-refractivity contribution < 1.29 is 4.74 Å². The fourth-order valence-corrected chi connectivity index (χ4v) is 2.74. The first kappa shape index (κ1) is 14.1. The Kier molecular flexibility index (Phi) is 4.64. The number of hydrogen-bond donors (Lipinski definition) is 1. The van der Waals surface area contributed by atoms with Crippen LogP contribution in [0.15, 0.2) is 11.8 Å². The van der Waals surface area contributed by atoms with E-state index in [-0.39, 0.29) is 0 Å². The van der Waals surface area contributed by atoms with E-state index in [1.807, 2.05) is 18.0 Å². The van der Waals surface area contributed by atoms with Crippen molar-refractivity contribution in [2.24, 2.45) is 7.05 Å². The normalized spacial score (nSPS) is 16.9. The molecule has 0 amide bonds. The molecule has 1 unspecified atom stereocenters. The number of nitrogens with zero attached hydrogens (tertiary/aromatic N) is 2. The molecule has 1 aliphatic heterocycles. The van der Waals surface area contributed by atoms with Crippen molar-refractivity contribution in [1.29, 1.82) is 0 Å². The topological polar surface area (TPSA) is 39.1 Å². The number of nitrogens with one attached hydrogen (secondary N) is 1. The predicted octanol–water partition coefficient (Wildman–Crippen LogP) is 2.25. The molecule has 2 heterocycles. The van der Waals surface area contributed by atoms with Gasteiger partial charge >= 0.3 is 0 Å². The van der Waals surface area contributed by atoms with Crippen LogP contribution in [0.25, 0.3) is 0 Å². The molecule has 0 aromatic carbocycles. The molecule has 0 saturated carbocycles. The first-order valence-electron chi connectivity index (χ1n) is 7.16. The molecule has 106 valence electrons. The lowest BCUT2D eigenvalue weighted by Crippen LogP contribution is -2.34. The van der Waals surface area contributed by atoms with Gasteiger partial charge in [-0.2, -0.15) is 5.10 Å². The van der Waals surface area contributed by atoms with E-state index in [0.29, 0.717) is 6.04 Å². The van der Waals surface area contributed by atoms with Crippen LogP contribution in [0, 0.1) is 13.8 Å². The Morgan fingerprint density at radius 1 is 1.47 bits per heavy atom. The zero-order chi connectivity index (χ0) is 13.8. The number of rotatable bonds is 5. The number of ether oxygens (including phenoxy) is 1. The maximum absolute atomic E-state index is 5.49. The Morgan fingerprint density at radius 3 is 2.79 bits per heavy atom. The van der Waals surface area contributed by atoms with Crippen LogP contribution in [-0.2, 0) is 18.2 Å². The quantitative estimate of drug-likeness (QED) is 0.885. The Morgan fingerprint density at radius 2 is 2.26 bits per heavy atom. The van der Waals surface area contributed by atoms with E-state index in [2.05, 4.69) is 31.2 Å². The summed E-state index contributed by atoms with van der Waals surface area (Å²) in [5.74, 6) is 0. The molecule has 1 atom stereocenters. The SMILES string of the molecule is CCNC(Cc1c(C)nn(C)c1C)C1=COCCC1. The van der Waals surface area contributed by atoms with E-state index < -0.39 is 0 Å². The first-order valence-corrected chi connectivity index (χ1v) is 7.16. The molecule has 0 fully saturated rings. The summed E-state index contributed by atoms with van der Waals surface area (Å²) in [5.41, 5.74) is 5.15. The van der Waals surface area contributed by atoms with Crippen molar-refractivity contribution in [3.05, 3.63) is 28.8 Å². The van der Waals surface area contributed by atoms with Gasteiger partial charge in [-0.15, -0.1) is 0 Å². The van der Waals surface area contributed by atoms with E-state index in [9.17, 15) is 0 Å². The Hall–Kier alpha value is -1.29. The third-order valence-electron chi connectivity index (χ3n) is 3.93. The third-order valence-corrected chi connectivity index (χ3v) is 3.93. The molecule has 4 nitrogen and oxygen atoms in total. The van der Waals surface area contributed by atoms with E-state index in [0.717, 1.165) is 38.1 Å². The summed E-state index contributed by atoms with van der Waals surface area (Å²) in [6.45, 7) is 8.22. The molecule has 1 aromatic heterocycles. The average molecular weight is 263 g/mol. The second kappa shape index (κ2) is 6.24. The molecule has 0 saturated heterocycles. The molecule has 0 radical (unpaired) electrons. The molecule has 0 spiro atoms. The summed E-state index contributed by atoms with van der Waals surface area (Å²) in [4.78, 5) is 0. The van der Waals surface area contributed by atoms with Crippen LogP contribution in [0.3, 0.4) is 0 Å². The molecule has 0 bridgehead atoms. The van der Waals surface area contributed by atoms with Crippen LogP contribution < -0.4 is 5.32 Å². The third kappa shape index (κ3) is 3.18. The van der Waals surface area contributed by atoms with Gasteiger partial charge in [0.25, 0.3) is 0 Å². The number of aromatic nitrogens is 2. The summed E-state index contributed by atoms with van der Waals surface area (Å²) in [6.07, 6.45) is 5.21. The van der Waals surface area contributed by atoms with Crippen molar-refractivity contribution in [2.75, 3.05) is 13.2 Å². The molecule has 2 rings (SSSR count). The van der Waals surface area contributed by atoms with Gasteiger partial charge in [-0.05, 0) is 50.8 Å². The highest BCUT2D eigenvalue weighted by molar-refractivity contribution is 5.28. The molecule has 19 heavy (non-hydrogen) atoms. The van der Waals surface area contributed by atoms with Crippen LogP contribution in [0.1, 0.15) is 36.7 Å². The Balaban J connectivity index is 2.18. The van der Waals surface area contributed by atoms with Crippen molar-refractivity contribution in [1.82, 2.24) is 15.1 Å². The van der Waals surface area contributed by atoms with Crippen molar-refractivity contribution >= 4 is 0 Å². The van der Waals surface area contributed by atoms with E-state index >= 15 is 0 Å². The van der Waals surface area contributed by atoms with Gasteiger partial charge in [0.1, 0.15) is 0 Å². The minimum absolute atomic E-state index is 0.367. The van der Waals surface area contributed by atoms with Crippen LogP contribution in [0.5, 0.6) is 0 Å². The summed E-state index contributed by atoms with van der Waals surface area (Å²) in [5, 5.41) is 8.09. The predicted molar refractivity (Wildman–Crippen MR) is 77.1 cm³/mol. The second-order valence-electron chi connectivity index (χ2n) is 5.25. The summed E-state index contributed by atoms with van der Waals surface area (Å²) in [7, 11) is 2.01. The van der Waals surface area contributed by atoms with Gasteiger partial charge in [0, 0.05) is 18.8 Å².